The summed E-state index contributed by atoms with van der Waals surface area (Å²) in [7, 11) is -2.75. The number of carbonyl (C=O) groups is 1. The first-order valence-corrected chi connectivity index (χ1v) is 6.62. The van der Waals surface area contributed by atoms with Crippen LogP contribution in [0.5, 0.6) is 0 Å². The monoisotopic (exact) mass is 276 g/mol. The van der Waals surface area contributed by atoms with E-state index in [0.717, 1.165) is 4.31 Å². The smallest absolute Gasteiger partial charge is 0.324 e. The van der Waals surface area contributed by atoms with Crippen molar-refractivity contribution in [3.8, 4) is 0 Å². The molecule has 0 aromatic carbocycles. The van der Waals surface area contributed by atoms with Gasteiger partial charge in [0.15, 0.2) is 5.76 Å². The molecule has 0 saturated carbocycles. The molecule has 1 aromatic rings. The molecule has 0 aliphatic heterocycles. The Morgan fingerprint density at radius 1 is 1.39 bits per heavy atom. The Hall–Kier alpha value is -1.41. The molecule has 0 unspecified atom stereocenters. The predicted molar refractivity (Wildman–Crippen MR) is 62.6 cm³/mol. The van der Waals surface area contributed by atoms with Gasteiger partial charge in [-0.1, -0.05) is 5.16 Å². The molecule has 1 aromatic heterocycles. The third-order valence-electron chi connectivity index (χ3n) is 2.90. The van der Waals surface area contributed by atoms with Crippen molar-refractivity contribution in [3.63, 3.8) is 0 Å². The molecule has 0 fully saturated rings. The summed E-state index contributed by atoms with van der Waals surface area (Å²) < 4.78 is 30.3. The van der Waals surface area contributed by atoms with Gasteiger partial charge in [-0.25, -0.2) is 8.42 Å². The molecule has 8 heteroatoms. The van der Waals surface area contributed by atoms with E-state index in [4.69, 9.17) is 9.63 Å². The van der Waals surface area contributed by atoms with Gasteiger partial charge < -0.3 is 9.63 Å². The van der Waals surface area contributed by atoms with Crippen molar-refractivity contribution in [2.45, 2.75) is 38.1 Å². The Morgan fingerprint density at radius 2 is 1.89 bits per heavy atom. The van der Waals surface area contributed by atoms with Crippen LogP contribution in [0.3, 0.4) is 0 Å². The van der Waals surface area contributed by atoms with Crippen LogP contribution in [0.4, 0.5) is 0 Å². The zero-order chi connectivity index (χ0) is 14.3. The molecule has 1 heterocycles. The van der Waals surface area contributed by atoms with Gasteiger partial charge in [-0.2, -0.15) is 4.31 Å². The Kier molecular flexibility index (Phi) is 3.55. The summed E-state index contributed by atoms with van der Waals surface area (Å²) in [5, 5.41) is 12.6. The van der Waals surface area contributed by atoms with E-state index in [2.05, 4.69) is 5.16 Å². The molecule has 0 radical (unpaired) electrons. The zero-order valence-electron chi connectivity index (χ0n) is 10.9. The van der Waals surface area contributed by atoms with Crippen LogP contribution in [0.15, 0.2) is 9.42 Å². The third kappa shape index (κ3) is 2.13. The highest BCUT2D eigenvalue weighted by atomic mass is 32.2. The van der Waals surface area contributed by atoms with E-state index in [1.807, 2.05) is 0 Å². The molecule has 102 valence electrons. The minimum Gasteiger partial charge on any atom is -0.480 e. The number of rotatable bonds is 4. The molecule has 0 aliphatic rings. The highest BCUT2D eigenvalue weighted by Crippen LogP contribution is 2.27. The molecule has 0 atom stereocenters. The fourth-order valence-corrected chi connectivity index (χ4v) is 3.18. The van der Waals surface area contributed by atoms with Gasteiger partial charge in [0.1, 0.15) is 16.1 Å². The van der Waals surface area contributed by atoms with Crippen LogP contribution in [0.25, 0.3) is 0 Å². The number of sulfonamides is 1. The van der Waals surface area contributed by atoms with Gasteiger partial charge in [-0.05, 0) is 27.7 Å². The molecule has 0 amide bonds. The SMILES string of the molecule is Cc1noc(C)c1S(=O)(=O)N(C)C(C)(C)C(=O)O. The molecule has 0 bridgehead atoms. The highest BCUT2D eigenvalue weighted by molar-refractivity contribution is 7.89. The summed E-state index contributed by atoms with van der Waals surface area (Å²) in [4.78, 5) is 11.0. The Morgan fingerprint density at radius 3 is 2.22 bits per heavy atom. The lowest BCUT2D eigenvalue weighted by atomic mass is 10.1. The van der Waals surface area contributed by atoms with Crippen LogP contribution >= 0.6 is 0 Å². The molecule has 7 nitrogen and oxygen atoms in total. The molecule has 1 N–H and O–H groups in total. The van der Waals surface area contributed by atoms with E-state index in [0.29, 0.717) is 0 Å². The molecular formula is C10H16N2O5S. The second kappa shape index (κ2) is 4.36. The van der Waals surface area contributed by atoms with Crippen molar-refractivity contribution in [1.29, 1.82) is 0 Å². The zero-order valence-corrected chi connectivity index (χ0v) is 11.7. The van der Waals surface area contributed by atoms with Crippen LogP contribution in [-0.2, 0) is 14.8 Å². The van der Waals surface area contributed by atoms with Crippen molar-refractivity contribution in [2.75, 3.05) is 7.05 Å². The maximum atomic E-state index is 12.3. The van der Waals surface area contributed by atoms with Gasteiger partial charge >= 0.3 is 5.97 Å². The topological polar surface area (TPSA) is 101 Å². The maximum absolute atomic E-state index is 12.3. The van der Waals surface area contributed by atoms with Crippen molar-refractivity contribution in [1.82, 2.24) is 9.46 Å². The quantitative estimate of drug-likeness (QED) is 0.872. The molecule has 1 rings (SSSR count). The summed E-state index contributed by atoms with van der Waals surface area (Å²) in [6, 6.07) is 0. The standard InChI is InChI=1S/C10H16N2O5S/c1-6-8(7(2)17-11-6)18(15,16)12(5)10(3,4)9(13)14/h1-5H3,(H,13,14). The van der Waals surface area contributed by atoms with Gasteiger partial charge in [-0.15, -0.1) is 0 Å². The minimum atomic E-state index is -3.96. The summed E-state index contributed by atoms with van der Waals surface area (Å²) in [6.45, 7) is 5.58. The first kappa shape index (κ1) is 14.7. The van der Waals surface area contributed by atoms with Crippen molar-refractivity contribution < 1.29 is 22.8 Å². The summed E-state index contributed by atoms with van der Waals surface area (Å²) in [6.07, 6.45) is 0. The van der Waals surface area contributed by atoms with Crippen molar-refractivity contribution >= 4 is 16.0 Å². The second-order valence-electron chi connectivity index (χ2n) is 4.49. The first-order valence-electron chi connectivity index (χ1n) is 5.18. The summed E-state index contributed by atoms with van der Waals surface area (Å²) in [5.74, 6) is -1.10. The highest BCUT2D eigenvalue weighted by Gasteiger charge is 2.42. The number of likely N-dealkylation sites (N-methyl/N-ethyl adjacent to an activating group) is 1. The lowest BCUT2D eigenvalue weighted by Gasteiger charge is -2.30. The number of hydrogen-bond acceptors (Lipinski definition) is 5. The second-order valence-corrected chi connectivity index (χ2v) is 6.40. The molecular weight excluding hydrogens is 260 g/mol. The fourth-order valence-electron chi connectivity index (χ4n) is 1.41. The Labute approximate surface area is 105 Å². The summed E-state index contributed by atoms with van der Waals surface area (Å²) >= 11 is 0. The van der Waals surface area contributed by atoms with Crippen LogP contribution in [-0.4, -0.2) is 41.5 Å². The van der Waals surface area contributed by atoms with Gasteiger partial charge in [-0.3, -0.25) is 4.79 Å². The first-order chi connectivity index (χ1) is 8.02. The molecule has 0 spiro atoms. The molecule has 0 aliphatic carbocycles. The lowest BCUT2D eigenvalue weighted by molar-refractivity contribution is -0.145. The van der Waals surface area contributed by atoms with E-state index in [1.54, 1.807) is 0 Å². The normalized spacial score (nSPS) is 13.0. The predicted octanol–water partition coefficient (Wildman–Crippen LogP) is 0.775. The summed E-state index contributed by atoms with van der Waals surface area (Å²) in [5.41, 5.74) is -1.35. The molecule has 0 saturated heterocycles. The van der Waals surface area contributed by atoms with E-state index in [1.165, 1.54) is 34.7 Å². The van der Waals surface area contributed by atoms with E-state index in [9.17, 15) is 13.2 Å². The van der Waals surface area contributed by atoms with E-state index in [-0.39, 0.29) is 16.3 Å². The Balaban J connectivity index is 3.37. The molecule has 18 heavy (non-hydrogen) atoms. The van der Waals surface area contributed by atoms with Crippen molar-refractivity contribution in [3.05, 3.63) is 11.5 Å². The third-order valence-corrected chi connectivity index (χ3v) is 5.17. The lowest BCUT2D eigenvalue weighted by Crippen LogP contribution is -2.50. The van der Waals surface area contributed by atoms with Crippen LogP contribution < -0.4 is 0 Å². The number of nitrogens with zero attached hydrogens (tertiary/aromatic N) is 2. The van der Waals surface area contributed by atoms with E-state index < -0.39 is 21.5 Å². The van der Waals surface area contributed by atoms with Crippen LogP contribution in [0, 0.1) is 13.8 Å². The van der Waals surface area contributed by atoms with Gasteiger partial charge in [0.2, 0.25) is 10.0 Å². The number of hydrogen-bond donors (Lipinski definition) is 1. The number of carboxylic acids is 1. The van der Waals surface area contributed by atoms with Crippen LogP contribution in [0.2, 0.25) is 0 Å². The number of aliphatic carboxylic acids is 1. The van der Waals surface area contributed by atoms with Crippen LogP contribution in [0.1, 0.15) is 25.3 Å². The van der Waals surface area contributed by atoms with Gasteiger partial charge in [0, 0.05) is 7.05 Å². The van der Waals surface area contributed by atoms with Gasteiger partial charge in [0.25, 0.3) is 0 Å². The maximum Gasteiger partial charge on any atom is 0.324 e. The largest absolute Gasteiger partial charge is 0.480 e. The van der Waals surface area contributed by atoms with Gasteiger partial charge in [0.05, 0.1) is 0 Å². The number of aromatic nitrogens is 1. The fraction of sp³-hybridized carbons (Fsp3) is 0.600. The van der Waals surface area contributed by atoms with E-state index >= 15 is 0 Å². The number of aryl methyl sites for hydroxylation is 2. The minimum absolute atomic E-state index is 0.0840. The average molecular weight is 276 g/mol. The number of carboxylic acid groups (broad SMARTS) is 1. The Bertz CT molecular complexity index is 554. The average Bonchev–Trinajstić information content (AvgIpc) is 2.57. The van der Waals surface area contributed by atoms with Crippen molar-refractivity contribution in [2.24, 2.45) is 0 Å².